The lowest BCUT2D eigenvalue weighted by Crippen LogP contribution is -1.99. The molecule has 100 valence electrons. The van der Waals surface area contributed by atoms with Crippen LogP contribution in [0.25, 0.3) is 0 Å². The number of hydrogen-bond donors (Lipinski definition) is 1. The van der Waals surface area contributed by atoms with E-state index < -0.39 is 0 Å². The van der Waals surface area contributed by atoms with Gasteiger partial charge in [-0.2, -0.15) is 0 Å². The van der Waals surface area contributed by atoms with Crippen LogP contribution in [-0.2, 0) is 0 Å². The predicted molar refractivity (Wildman–Crippen MR) is 84.0 cm³/mol. The van der Waals surface area contributed by atoms with Crippen LogP contribution in [0.4, 0.5) is 11.4 Å². The molecule has 0 aliphatic rings. The Morgan fingerprint density at radius 3 is 1.95 bits per heavy atom. The van der Waals surface area contributed by atoms with Crippen LogP contribution in [0.3, 0.4) is 0 Å². The van der Waals surface area contributed by atoms with Gasteiger partial charge < -0.3 is 5.32 Å². The molecule has 1 atom stereocenters. The minimum atomic E-state index is 0.630. The summed E-state index contributed by atoms with van der Waals surface area (Å²) in [6, 6.07) is 19.1. The lowest BCUT2D eigenvalue weighted by molar-refractivity contribution is 0.524. The molecule has 0 bridgehead atoms. The summed E-state index contributed by atoms with van der Waals surface area (Å²) in [7, 11) is 0. The summed E-state index contributed by atoms with van der Waals surface area (Å²) in [5, 5.41) is 3.41. The van der Waals surface area contributed by atoms with Crippen molar-refractivity contribution in [3.05, 3.63) is 60.2 Å². The topological polar surface area (TPSA) is 12.0 Å². The number of hydrogen-bond acceptors (Lipinski definition) is 1. The van der Waals surface area contributed by atoms with Crippen LogP contribution in [0.15, 0.2) is 54.6 Å². The molecule has 0 aliphatic carbocycles. The van der Waals surface area contributed by atoms with Gasteiger partial charge in [0, 0.05) is 11.4 Å². The van der Waals surface area contributed by atoms with Crippen molar-refractivity contribution in [3.63, 3.8) is 0 Å². The number of para-hydroxylation sites is 1. The molecule has 0 amide bonds. The molecule has 2 aromatic rings. The minimum Gasteiger partial charge on any atom is -0.356 e. The van der Waals surface area contributed by atoms with E-state index in [9.17, 15) is 0 Å². The second-order valence-corrected chi connectivity index (χ2v) is 5.64. The van der Waals surface area contributed by atoms with Gasteiger partial charge in [-0.25, -0.2) is 0 Å². The van der Waals surface area contributed by atoms with E-state index in [4.69, 9.17) is 0 Å². The van der Waals surface area contributed by atoms with Gasteiger partial charge >= 0.3 is 0 Å². The van der Waals surface area contributed by atoms with E-state index in [1.54, 1.807) is 0 Å². The molecular weight excluding hydrogens is 230 g/mol. The Hall–Kier alpha value is -1.76. The van der Waals surface area contributed by atoms with Crippen LogP contribution in [0.1, 0.15) is 38.7 Å². The Labute approximate surface area is 116 Å². The molecule has 0 heterocycles. The second kappa shape index (κ2) is 6.42. The van der Waals surface area contributed by atoms with E-state index in [1.165, 1.54) is 12.0 Å². The Kier molecular flexibility index (Phi) is 4.62. The van der Waals surface area contributed by atoms with Crippen LogP contribution in [0.2, 0.25) is 0 Å². The van der Waals surface area contributed by atoms with Crippen LogP contribution >= 0.6 is 0 Å². The highest BCUT2D eigenvalue weighted by molar-refractivity contribution is 5.59. The molecule has 2 rings (SSSR count). The lowest BCUT2D eigenvalue weighted by Gasteiger charge is -2.15. The standard InChI is InChI=1S/C18H23N/c1-14(2)13-15(3)16-9-11-18(12-10-16)19-17-7-5-4-6-8-17/h4-12,14-15,19H,13H2,1-3H3. The van der Waals surface area contributed by atoms with Crippen LogP contribution in [0.5, 0.6) is 0 Å². The van der Waals surface area contributed by atoms with Crippen LogP contribution in [-0.4, -0.2) is 0 Å². The molecule has 0 aromatic heterocycles. The van der Waals surface area contributed by atoms with Gasteiger partial charge in [-0.3, -0.25) is 0 Å². The Balaban J connectivity index is 2.02. The quantitative estimate of drug-likeness (QED) is 0.733. The molecule has 19 heavy (non-hydrogen) atoms. The highest BCUT2D eigenvalue weighted by Gasteiger charge is 2.07. The van der Waals surface area contributed by atoms with Gasteiger partial charge in [0.2, 0.25) is 0 Å². The Bertz CT molecular complexity index is 485. The van der Waals surface area contributed by atoms with E-state index in [1.807, 2.05) is 18.2 Å². The number of nitrogens with one attached hydrogen (secondary N) is 1. The average molecular weight is 253 g/mol. The van der Waals surface area contributed by atoms with Crippen molar-refractivity contribution >= 4 is 11.4 Å². The summed E-state index contributed by atoms with van der Waals surface area (Å²) in [5.74, 6) is 1.38. The first-order valence-corrected chi connectivity index (χ1v) is 7.07. The number of rotatable bonds is 5. The zero-order valence-corrected chi connectivity index (χ0v) is 12.1. The third-order valence-electron chi connectivity index (χ3n) is 3.37. The van der Waals surface area contributed by atoms with Crippen molar-refractivity contribution in [1.29, 1.82) is 0 Å². The van der Waals surface area contributed by atoms with E-state index in [-0.39, 0.29) is 0 Å². The normalized spacial score (nSPS) is 12.4. The maximum atomic E-state index is 3.41. The smallest absolute Gasteiger partial charge is 0.0384 e. The number of benzene rings is 2. The highest BCUT2D eigenvalue weighted by Crippen LogP contribution is 2.25. The molecule has 1 N–H and O–H groups in total. The second-order valence-electron chi connectivity index (χ2n) is 5.64. The fourth-order valence-electron chi connectivity index (χ4n) is 2.43. The average Bonchev–Trinajstić information content (AvgIpc) is 2.40. The third kappa shape index (κ3) is 4.13. The molecular formula is C18H23N. The first-order chi connectivity index (χ1) is 9.15. The first-order valence-electron chi connectivity index (χ1n) is 7.07. The largest absolute Gasteiger partial charge is 0.356 e. The zero-order chi connectivity index (χ0) is 13.7. The Morgan fingerprint density at radius 1 is 0.789 bits per heavy atom. The van der Waals surface area contributed by atoms with E-state index in [2.05, 4.69) is 62.5 Å². The molecule has 0 aliphatic heterocycles. The summed E-state index contributed by atoms with van der Waals surface area (Å²) in [5.41, 5.74) is 3.70. The fraction of sp³-hybridized carbons (Fsp3) is 0.333. The van der Waals surface area contributed by atoms with Crippen molar-refractivity contribution in [1.82, 2.24) is 0 Å². The lowest BCUT2D eigenvalue weighted by atomic mass is 9.92. The monoisotopic (exact) mass is 253 g/mol. The summed E-state index contributed by atoms with van der Waals surface area (Å²) in [4.78, 5) is 0. The van der Waals surface area contributed by atoms with Gasteiger partial charge in [0.25, 0.3) is 0 Å². The molecule has 1 heteroatoms. The summed E-state index contributed by atoms with van der Waals surface area (Å²) < 4.78 is 0. The van der Waals surface area contributed by atoms with Gasteiger partial charge in [0.15, 0.2) is 0 Å². The zero-order valence-electron chi connectivity index (χ0n) is 12.1. The van der Waals surface area contributed by atoms with Gasteiger partial charge in [0.05, 0.1) is 0 Å². The van der Waals surface area contributed by atoms with Crippen LogP contribution < -0.4 is 5.32 Å². The number of anilines is 2. The fourth-order valence-corrected chi connectivity index (χ4v) is 2.43. The summed E-state index contributed by atoms with van der Waals surface area (Å²) in [6.07, 6.45) is 1.24. The van der Waals surface area contributed by atoms with Gasteiger partial charge in [-0.15, -0.1) is 0 Å². The summed E-state index contributed by atoms with van der Waals surface area (Å²) >= 11 is 0. The van der Waals surface area contributed by atoms with Crippen molar-refractivity contribution in [2.24, 2.45) is 5.92 Å². The van der Waals surface area contributed by atoms with Crippen molar-refractivity contribution < 1.29 is 0 Å². The van der Waals surface area contributed by atoms with Crippen molar-refractivity contribution in [3.8, 4) is 0 Å². The van der Waals surface area contributed by atoms with E-state index in [0.29, 0.717) is 5.92 Å². The van der Waals surface area contributed by atoms with E-state index in [0.717, 1.165) is 17.3 Å². The molecule has 2 aromatic carbocycles. The molecule has 0 spiro atoms. The van der Waals surface area contributed by atoms with Gasteiger partial charge in [-0.05, 0) is 48.1 Å². The van der Waals surface area contributed by atoms with Crippen molar-refractivity contribution in [2.45, 2.75) is 33.1 Å². The Morgan fingerprint density at radius 2 is 1.37 bits per heavy atom. The maximum Gasteiger partial charge on any atom is 0.0384 e. The molecule has 0 fully saturated rings. The third-order valence-corrected chi connectivity index (χ3v) is 3.37. The SMILES string of the molecule is CC(C)CC(C)c1ccc(Nc2ccccc2)cc1. The minimum absolute atomic E-state index is 0.630. The summed E-state index contributed by atoms with van der Waals surface area (Å²) in [6.45, 7) is 6.86. The first kappa shape index (κ1) is 13.7. The van der Waals surface area contributed by atoms with Crippen molar-refractivity contribution in [2.75, 3.05) is 5.32 Å². The molecule has 0 saturated carbocycles. The predicted octanol–water partition coefficient (Wildman–Crippen LogP) is 5.58. The van der Waals surface area contributed by atoms with Gasteiger partial charge in [-0.1, -0.05) is 51.1 Å². The molecule has 0 saturated heterocycles. The highest BCUT2D eigenvalue weighted by atomic mass is 14.9. The molecule has 1 nitrogen and oxygen atoms in total. The van der Waals surface area contributed by atoms with Crippen LogP contribution in [0, 0.1) is 5.92 Å². The van der Waals surface area contributed by atoms with E-state index >= 15 is 0 Å². The van der Waals surface area contributed by atoms with Gasteiger partial charge in [0.1, 0.15) is 0 Å². The molecule has 0 radical (unpaired) electrons. The maximum absolute atomic E-state index is 3.41. The molecule has 1 unspecified atom stereocenters.